The number of alkyl halides is 2. The SMILES string of the molecule is CN(C)CC(O)COc1ccc(Nc2nccc(N(CC(F)F)c3cc(Cl)ccc3Cl)n2)cc1. The van der Waals surface area contributed by atoms with Gasteiger partial charge in [0.2, 0.25) is 5.95 Å². The van der Waals surface area contributed by atoms with Gasteiger partial charge in [0.15, 0.2) is 0 Å². The Morgan fingerprint density at radius 1 is 1.06 bits per heavy atom. The molecule has 2 N–H and O–H groups in total. The fourth-order valence-corrected chi connectivity index (χ4v) is 3.52. The van der Waals surface area contributed by atoms with Crippen molar-refractivity contribution in [2.45, 2.75) is 12.5 Å². The minimum absolute atomic E-state index is 0.169. The van der Waals surface area contributed by atoms with E-state index in [9.17, 15) is 13.9 Å². The molecule has 0 aliphatic heterocycles. The zero-order chi connectivity index (χ0) is 24.7. The number of aromatic nitrogens is 2. The monoisotopic (exact) mass is 511 g/mol. The molecule has 11 heteroatoms. The molecule has 0 saturated heterocycles. The molecule has 3 aromatic rings. The van der Waals surface area contributed by atoms with Crippen LogP contribution in [0.25, 0.3) is 0 Å². The van der Waals surface area contributed by atoms with Gasteiger partial charge in [-0.25, -0.2) is 13.8 Å². The molecule has 0 fully saturated rings. The molecule has 0 spiro atoms. The van der Waals surface area contributed by atoms with Gasteiger partial charge in [-0.3, -0.25) is 0 Å². The van der Waals surface area contributed by atoms with E-state index in [0.29, 0.717) is 28.7 Å². The summed E-state index contributed by atoms with van der Waals surface area (Å²) in [6.07, 6.45) is -1.77. The van der Waals surface area contributed by atoms with E-state index in [2.05, 4.69) is 15.3 Å². The summed E-state index contributed by atoms with van der Waals surface area (Å²) in [5.74, 6) is 1.04. The Labute approximate surface area is 206 Å². The van der Waals surface area contributed by atoms with Crippen molar-refractivity contribution in [1.82, 2.24) is 14.9 Å². The van der Waals surface area contributed by atoms with E-state index in [1.807, 2.05) is 19.0 Å². The van der Waals surface area contributed by atoms with Crippen molar-refractivity contribution in [3.8, 4) is 5.75 Å². The van der Waals surface area contributed by atoms with Gasteiger partial charge in [0, 0.05) is 23.5 Å². The standard InChI is InChI=1S/C23H25Cl2F2N5O2/c1-31(2)12-17(33)14-34-18-6-4-16(5-7-18)29-23-28-10-9-22(30-23)32(13-21(26)27)20-11-15(24)3-8-19(20)25/h3-11,17,21,33H,12-14H2,1-2H3,(H,28,29,30). The summed E-state index contributed by atoms with van der Waals surface area (Å²) in [6.45, 7) is 0.0423. The molecule has 0 amide bonds. The smallest absolute Gasteiger partial charge is 0.256 e. The maximum atomic E-state index is 13.3. The zero-order valence-electron chi connectivity index (χ0n) is 18.6. The van der Waals surface area contributed by atoms with Crippen LogP contribution >= 0.6 is 23.2 Å². The van der Waals surface area contributed by atoms with Crippen LogP contribution in [0.15, 0.2) is 54.7 Å². The van der Waals surface area contributed by atoms with E-state index in [-0.39, 0.29) is 23.4 Å². The minimum atomic E-state index is -2.63. The predicted octanol–water partition coefficient (Wildman–Crippen LogP) is 5.23. The third-order valence-corrected chi connectivity index (χ3v) is 5.12. The van der Waals surface area contributed by atoms with Gasteiger partial charge in [-0.15, -0.1) is 0 Å². The molecule has 7 nitrogen and oxygen atoms in total. The van der Waals surface area contributed by atoms with E-state index >= 15 is 0 Å². The molecule has 1 aromatic heterocycles. The average Bonchev–Trinajstić information content (AvgIpc) is 2.78. The van der Waals surface area contributed by atoms with Crippen molar-refractivity contribution in [3.63, 3.8) is 0 Å². The van der Waals surface area contributed by atoms with Crippen molar-refractivity contribution >= 4 is 46.3 Å². The van der Waals surface area contributed by atoms with Crippen LogP contribution < -0.4 is 15.0 Å². The highest BCUT2D eigenvalue weighted by Crippen LogP contribution is 2.34. The lowest BCUT2D eigenvalue weighted by Gasteiger charge is -2.25. The maximum absolute atomic E-state index is 13.3. The van der Waals surface area contributed by atoms with Gasteiger partial charge in [-0.2, -0.15) is 4.98 Å². The lowest BCUT2D eigenvalue weighted by molar-refractivity contribution is 0.0831. The number of hydrogen-bond acceptors (Lipinski definition) is 7. The van der Waals surface area contributed by atoms with Gasteiger partial charge in [0.25, 0.3) is 6.43 Å². The number of likely N-dealkylation sites (N-methyl/N-ethyl adjacent to an activating group) is 1. The quantitative estimate of drug-likeness (QED) is 0.365. The molecular weight excluding hydrogens is 487 g/mol. The first-order valence-electron chi connectivity index (χ1n) is 10.4. The number of halogens is 4. The Morgan fingerprint density at radius 3 is 2.47 bits per heavy atom. The summed E-state index contributed by atoms with van der Waals surface area (Å²) >= 11 is 12.3. The number of aliphatic hydroxyl groups is 1. The van der Waals surface area contributed by atoms with E-state index in [0.717, 1.165) is 0 Å². The Kier molecular flexibility index (Phi) is 9.23. The molecule has 34 heavy (non-hydrogen) atoms. The predicted molar refractivity (Wildman–Crippen MR) is 131 cm³/mol. The highest BCUT2D eigenvalue weighted by atomic mass is 35.5. The summed E-state index contributed by atoms with van der Waals surface area (Å²) < 4.78 is 32.3. The number of hydrogen-bond donors (Lipinski definition) is 2. The fraction of sp³-hybridized carbons (Fsp3) is 0.304. The lowest BCUT2D eigenvalue weighted by atomic mass is 10.2. The molecule has 1 atom stereocenters. The van der Waals surface area contributed by atoms with Crippen molar-refractivity contribution in [1.29, 1.82) is 0 Å². The molecular formula is C23H25Cl2F2N5O2. The van der Waals surface area contributed by atoms with E-state index in [1.54, 1.807) is 36.4 Å². The second-order valence-electron chi connectivity index (χ2n) is 7.71. The first kappa shape index (κ1) is 25.9. The van der Waals surface area contributed by atoms with Crippen molar-refractivity contribution in [2.75, 3.05) is 44.0 Å². The van der Waals surface area contributed by atoms with Crippen LogP contribution in [0.4, 0.5) is 31.9 Å². The van der Waals surface area contributed by atoms with E-state index in [1.165, 1.54) is 23.2 Å². The van der Waals surface area contributed by atoms with Crippen LogP contribution in [0.2, 0.25) is 10.0 Å². The number of aliphatic hydroxyl groups excluding tert-OH is 1. The highest BCUT2D eigenvalue weighted by Gasteiger charge is 2.20. The summed E-state index contributed by atoms with van der Waals surface area (Å²) in [6, 6.07) is 13.1. The molecule has 0 aliphatic rings. The number of rotatable bonds is 11. The second-order valence-corrected chi connectivity index (χ2v) is 8.56. The van der Waals surface area contributed by atoms with Crippen LogP contribution in [0.3, 0.4) is 0 Å². The normalized spacial score (nSPS) is 12.1. The lowest BCUT2D eigenvalue weighted by Crippen LogP contribution is -2.30. The first-order valence-corrected chi connectivity index (χ1v) is 11.1. The Morgan fingerprint density at radius 2 is 1.79 bits per heavy atom. The van der Waals surface area contributed by atoms with Gasteiger partial charge < -0.3 is 25.0 Å². The van der Waals surface area contributed by atoms with Crippen molar-refractivity contribution in [3.05, 3.63) is 64.8 Å². The van der Waals surface area contributed by atoms with Crippen molar-refractivity contribution < 1.29 is 18.6 Å². The number of benzene rings is 2. The third kappa shape index (κ3) is 7.66. The number of nitrogens with zero attached hydrogens (tertiary/aromatic N) is 4. The molecule has 0 saturated carbocycles. The van der Waals surface area contributed by atoms with Gasteiger partial charge >= 0.3 is 0 Å². The third-order valence-electron chi connectivity index (χ3n) is 4.57. The minimum Gasteiger partial charge on any atom is -0.491 e. The van der Waals surface area contributed by atoms with E-state index < -0.39 is 19.1 Å². The molecule has 3 rings (SSSR count). The summed E-state index contributed by atoms with van der Waals surface area (Å²) in [4.78, 5) is 11.7. The summed E-state index contributed by atoms with van der Waals surface area (Å²) in [5, 5.41) is 13.6. The fourth-order valence-electron chi connectivity index (χ4n) is 3.14. The van der Waals surface area contributed by atoms with Gasteiger partial charge in [0.05, 0.1) is 17.3 Å². The van der Waals surface area contributed by atoms with Gasteiger partial charge in [-0.1, -0.05) is 23.2 Å². The topological polar surface area (TPSA) is 73.8 Å². The number of anilines is 4. The molecule has 0 aliphatic carbocycles. The molecule has 1 heterocycles. The summed E-state index contributed by atoms with van der Waals surface area (Å²) in [5.41, 5.74) is 0.983. The van der Waals surface area contributed by atoms with Crippen LogP contribution in [0.5, 0.6) is 5.75 Å². The second kappa shape index (κ2) is 12.1. The molecule has 2 aromatic carbocycles. The Hall–Kier alpha value is -2.72. The largest absolute Gasteiger partial charge is 0.491 e. The molecule has 1 unspecified atom stereocenters. The zero-order valence-corrected chi connectivity index (χ0v) is 20.1. The number of ether oxygens (including phenoxy) is 1. The summed E-state index contributed by atoms with van der Waals surface area (Å²) in [7, 11) is 3.74. The van der Waals surface area contributed by atoms with E-state index in [4.69, 9.17) is 27.9 Å². The molecule has 0 radical (unpaired) electrons. The Bertz CT molecular complexity index is 1070. The van der Waals surface area contributed by atoms with Crippen molar-refractivity contribution in [2.24, 2.45) is 0 Å². The average molecular weight is 512 g/mol. The van der Waals surface area contributed by atoms with Gasteiger partial charge in [0.1, 0.15) is 24.3 Å². The first-order chi connectivity index (χ1) is 16.2. The highest BCUT2D eigenvalue weighted by molar-refractivity contribution is 6.35. The maximum Gasteiger partial charge on any atom is 0.256 e. The number of nitrogens with one attached hydrogen (secondary N) is 1. The van der Waals surface area contributed by atoms with Crippen LogP contribution in [-0.4, -0.2) is 66.3 Å². The molecule has 0 bridgehead atoms. The Balaban J connectivity index is 1.73. The van der Waals surface area contributed by atoms with Crippen LogP contribution in [0.1, 0.15) is 0 Å². The van der Waals surface area contributed by atoms with Crippen LogP contribution in [0, 0.1) is 0 Å². The van der Waals surface area contributed by atoms with Gasteiger partial charge in [-0.05, 0) is 62.6 Å². The molecule has 182 valence electrons. The van der Waals surface area contributed by atoms with Crippen LogP contribution in [-0.2, 0) is 0 Å².